The quantitative estimate of drug-likeness (QED) is 0.147. The second-order valence-corrected chi connectivity index (χ2v) is 9.14. The molecule has 5 aromatic carbocycles. The van der Waals surface area contributed by atoms with Gasteiger partial charge in [0.15, 0.2) is 40.7 Å². The number of fused-ring (bicyclic) bond motifs is 2. The highest BCUT2D eigenvalue weighted by atomic mass is 19.3. The zero-order chi connectivity index (χ0) is 28.9. The van der Waals surface area contributed by atoms with Gasteiger partial charge in [0, 0.05) is 5.56 Å². The standard InChI is InChI=1S/C30H17F9O/c1-2-3-14-4-7-18(8-5-14)30(38,39)40-22-9-6-15-11-19(25(33)29(37)24(15)27(22)35)16-10-17-13-21(32)26(34)28(36)23(17)20(31)12-16/h4-13H,2-3H2,1H3. The summed E-state index contributed by atoms with van der Waals surface area (Å²) in [7, 11) is 0. The highest BCUT2D eigenvalue weighted by molar-refractivity contribution is 5.93. The molecule has 0 radical (unpaired) electrons. The largest absolute Gasteiger partial charge is 0.426 e. The number of ether oxygens (including phenoxy) is 1. The maximum Gasteiger partial charge on any atom is 0.426 e. The number of aryl methyl sites for hydroxylation is 1. The normalized spacial score (nSPS) is 11.9. The van der Waals surface area contributed by atoms with Crippen molar-refractivity contribution in [2.24, 2.45) is 0 Å². The van der Waals surface area contributed by atoms with Crippen LogP contribution in [0.1, 0.15) is 24.5 Å². The van der Waals surface area contributed by atoms with Crippen LogP contribution in [-0.2, 0) is 12.5 Å². The number of benzene rings is 5. The molecule has 1 nitrogen and oxygen atoms in total. The minimum atomic E-state index is -4.01. The SMILES string of the molecule is CCCc1ccc(C(F)(F)Oc2ccc3cc(-c4cc(F)c5c(F)c(F)c(F)cc5c4)c(F)c(F)c3c2F)cc1. The van der Waals surface area contributed by atoms with E-state index in [0.717, 1.165) is 48.4 Å². The van der Waals surface area contributed by atoms with Crippen LogP contribution in [0.3, 0.4) is 0 Å². The summed E-state index contributed by atoms with van der Waals surface area (Å²) in [5.41, 5.74) is -0.796. The fourth-order valence-corrected chi connectivity index (χ4v) is 4.55. The van der Waals surface area contributed by atoms with Crippen molar-refractivity contribution in [2.45, 2.75) is 25.9 Å². The maximum atomic E-state index is 15.2. The molecule has 0 atom stereocenters. The molecule has 0 fully saturated rings. The zero-order valence-corrected chi connectivity index (χ0v) is 20.5. The van der Waals surface area contributed by atoms with Crippen LogP contribution in [-0.4, -0.2) is 0 Å². The van der Waals surface area contributed by atoms with Gasteiger partial charge in [-0.2, -0.15) is 8.78 Å². The van der Waals surface area contributed by atoms with Crippen LogP contribution in [0.5, 0.6) is 5.75 Å². The van der Waals surface area contributed by atoms with Crippen molar-refractivity contribution in [1.82, 2.24) is 0 Å². The third-order valence-corrected chi connectivity index (χ3v) is 6.49. The van der Waals surface area contributed by atoms with Crippen LogP contribution < -0.4 is 4.74 Å². The Hall–Kier alpha value is -4.21. The Bertz CT molecular complexity index is 1780. The minimum Gasteiger partial charge on any atom is -0.426 e. The van der Waals surface area contributed by atoms with E-state index in [1.807, 2.05) is 6.92 Å². The Morgan fingerprint density at radius 3 is 1.98 bits per heavy atom. The average Bonchev–Trinajstić information content (AvgIpc) is 2.91. The number of rotatable bonds is 6. The summed E-state index contributed by atoms with van der Waals surface area (Å²) in [6.07, 6.45) is -2.55. The summed E-state index contributed by atoms with van der Waals surface area (Å²) in [5.74, 6) is -12.9. The molecule has 206 valence electrons. The monoisotopic (exact) mass is 564 g/mol. The minimum absolute atomic E-state index is 0.303. The average molecular weight is 564 g/mol. The molecule has 0 heterocycles. The molecule has 0 aliphatic carbocycles. The van der Waals surface area contributed by atoms with E-state index >= 15 is 13.2 Å². The molecule has 0 amide bonds. The van der Waals surface area contributed by atoms with E-state index in [1.54, 1.807) is 0 Å². The molecule has 0 aliphatic heterocycles. The molecule has 10 heteroatoms. The smallest absolute Gasteiger partial charge is 0.426 e. The summed E-state index contributed by atoms with van der Waals surface area (Å²) in [6.45, 7) is 1.92. The van der Waals surface area contributed by atoms with Crippen molar-refractivity contribution in [3.05, 3.63) is 113 Å². The topological polar surface area (TPSA) is 9.23 Å². The Morgan fingerprint density at radius 1 is 0.625 bits per heavy atom. The van der Waals surface area contributed by atoms with Crippen LogP contribution in [0.4, 0.5) is 39.5 Å². The highest BCUT2D eigenvalue weighted by Crippen LogP contribution is 2.40. The summed E-state index contributed by atoms with van der Waals surface area (Å²) in [6, 6.07) is 9.82. The summed E-state index contributed by atoms with van der Waals surface area (Å²) < 4.78 is 136. The van der Waals surface area contributed by atoms with Crippen molar-refractivity contribution >= 4 is 21.5 Å². The number of hydrogen-bond acceptors (Lipinski definition) is 1. The summed E-state index contributed by atoms with van der Waals surface area (Å²) in [5, 5.41) is -2.69. The van der Waals surface area contributed by atoms with Crippen LogP contribution in [0, 0.1) is 40.7 Å². The zero-order valence-electron chi connectivity index (χ0n) is 20.5. The van der Waals surface area contributed by atoms with Crippen LogP contribution >= 0.6 is 0 Å². The van der Waals surface area contributed by atoms with Crippen molar-refractivity contribution < 1.29 is 44.3 Å². The Morgan fingerprint density at radius 2 is 1.30 bits per heavy atom. The Balaban J connectivity index is 1.57. The first kappa shape index (κ1) is 27.4. The molecule has 0 aromatic heterocycles. The number of alkyl halides is 2. The van der Waals surface area contributed by atoms with Gasteiger partial charge in [0.05, 0.1) is 16.3 Å². The van der Waals surface area contributed by atoms with E-state index in [-0.39, 0.29) is 5.39 Å². The van der Waals surface area contributed by atoms with Gasteiger partial charge in [-0.05, 0) is 70.8 Å². The molecule has 0 unspecified atom stereocenters. The lowest BCUT2D eigenvalue weighted by atomic mass is 9.96. The van der Waals surface area contributed by atoms with E-state index in [9.17, 15) is 26.3 Å². The van der Waals surface area contributed by atoms with Crippen molar-refractivity contribution in [3.63, 3.8) is 0 Å². The Kier molecular flexibility index (Phi) is 6.89. The molecule has 0 N–H and O–H groups in total. The van der Waals surface area contributed by atoms with Crippen molar-refractivity contribution in [3.8, 4) is 16.9 Å². The predicted molar refractivity (Wildman–Crippen MR) is 132 cm³/mol. The van der Waals surface area contributed by atoms with Crippen LogP contribution in [0.25, 0.3) is 32.7 Å². The number of halogens is 9. The third-order valence-electron chi connectivity index (χ3n) is 6.49. The third kappa shape index (κ3) is 4.61. The van der Waals surface area contributed by atoms with Crippen molar-refractivity contribution in [1.29, 1.82) is 0 Å². The molecule has 0 saturated heterocycles. The van der Waals surface area contributed by atoms with Gasteiger partial charge >= 0.3 is 6.11 Å². The van der Waals surface area contributed by atoms with Gasteiger partial charge in [-0.1, -0.05) is 31.5 Å². The first-order valence-corrected chi connectivity index (χ1v) is 12.0. The maximum absolute atomic E-state index is 15.2. The first-order chi connectivity index (χ1) is 18.9. The second-order valence-electron chi connectivity index (χ2n) is 9.14. The van der Waals surface area contributed by atoms with Crippen LogP contribution in [0.2, 0.25) is 0 Å². The molecular weight excluding hydrogens is 547 g/mol. The molecule has 0 spiro atoms. The molecule has 5 aromatic rings. The van der Waals surface area contributed by atoms with E-state index in [1.165, 1.54) is 12.1 Å². The lowest BCUT2D eigenvalue weighted by molar-refractivity contribution is -0.186. The van der Waals surface area contributed by atoms with E-state index in [4.69, 9.17) is 0 Å². The molecule has 0 saturated carbocycles. The first-order valence-electron chi connectivity index (χ1n) is 12.0. The lowest BCUT2D eigenvalue weighted by Gasteiger charge is -2.20. The Labute approximate surface area is 221 Å². The molecule has 5 rings (SSSR count). The van der Waals surface area contributed by atoms with E-state index in [2.05, 4.69) is 4.74 Å². The van der Waals surface area contributed by atoms with Gasteiger partial charge in [0.2, 0.25) is 0 Å². The number of hydrogen-bond donors (Lipinski definition) is 0. The van der Waals surface area contributed by atoms with Gasteiger partial charge < -0.3 is 4.74 Å². The van der Waals surface area contributed by atoms with Gasteiger partial charge in [-0.25, -0.2) is 30.7 Å². The fraction of sp³-hybridized carbons (Fsp3) is 0.133. The van der Waals surface area contributed by atoms with Gasteiger partial charge in [-0.15, -0.1) is 0 Å². The van der Waals surface area contributed by atoms with E-state index < -0.39 is 85.4 Å². The fourth-order valence-electron chi connectivity index (χ4n) is 4.55. The predicted octanol–water partition coefficient (Wildman–Crippen LogP) is 9.71. The van der Waals surface area contributed by atoms with Gasteiger partial charge in [0.1, 0.15) is 5.82 Å². The summed E-state index contributed by atoms with van der Waals surface area (Å²) in [4.78, 5) is 0. The van der Waals surface area contributed by atoms with Gasteiger partial charge in [-0.3, -0.25) is 0 Å². The second kappa shape index (κ2) is 10.1. The summed E-state index contributed by atoms with van der Waals surface area (Å²) >= 11 is 0. The molecule has 0 bridgehead atoms. The van der Waals surface area contributed by atoms with E-state index in [0.29, 0.717) is 18.6 Å². The van der Waals surface area contributed by atoms with Crippen molar-refractivity contribution in [2.75, 3.05) is 0 Å². The van der Waals surface area contributed by atoms with Crippen LogP contribution in [0.15, 0.2) is 60.7 Å². The molecular formula is C30H17F9O. The lowest BCUT2D eigenvalue weighted by Crippen LogP contribution is -2.22. The van der Waals surface area contributed by atoms with Gasteiger partial charge in [0.25, 0.3) is 0 Å². The molecule has 40 heavy (non-hydrogen) atoms. The molecule has 0 aliphatic rings. The highest BCUT2D eigenvalue weighted by Gasteiger charge is 2.36.